The molecule has 0 radical (unpaired) electrons. The molecule has 2 rings (SSSR count). The van der Waals surface area contributed by atoms with Gasteiger partial charge in [0.1, 0.15) is 0 Å². The normalized spacial score (nSPS) is 23.0. The van der Waals surface area contributed by atoms with Gasteiger partial charge in [0.15, 0.2) is 0 Å². The fourth-order valence-electron chi connectivity index (χ4n) is 2.56. The van der Waals surface area contributed by atoms with Gasteiger partial charge in [0.05, 0.1) is 0 Å². The van der Waals surface area contributed by atoms with Crippen molar-refractivity contribution in [3.05, 3.63) is 34.3 Å². The molecule has 2 unspecified atom stereocenters. The molecule has 1 heterocycles. The van der Waals surface area contributed by atoms with Gasteiger partial charge in [0.25, 0.3) is 0 Å². The first-order chi connectivity index (χ1) is 7.81. The molecule has 3 heteroatoms. The second-order valence-corrected chi connectivity index (χ2v) is 5.42. The van der Waals surface area contributed by atoms with Gasteiger partial charge in [-0.3, -0.25) is 0 Å². The number of hydrogen-bond donors (Lipinski definition) is 2. The van der Waals surface area contributed by atoms with Gasteiger partial charge < -0.3 is 11.1 Å². The van der Waals surface area contributed by atoms with Crippen LogP contribution in [-0.2, 0) is 0 Å². The van der Waals surface area contributed by atoms with Crippen LogP contribution in [0, 0.1) is 5.92 Å². The molecule has 88 valence electrons. The fraction of sp³-hybridized carbons (Fsp3) is 0.538. The Kier molecular flexibility index (Phi) is 4.38. The van der Waals surface area contributed by atoms with Gasteiger partial charge in [-0.25, -0.2) is 0 Å². The van der Waals surface area contributed by atoms with Crippen molar-refractivity contribution in [2.24, 2.45) is 11.7 Å². The lowest BCUT2D eigenvalue weighted by molar-refractivity contribution is 0.325. The topological polar surface area (TPSA) is 38.0 Å². The quantitative estimate of drug-likeness (QED) is 0.894. The molecular formula is C13H19BrN2. The van der Waals surface area contributed by atoms with Crippen LogP contribution in [-0.4, -0.2) is 19.6 Å². The van der Waals surface area contributed by atoms with Gasteiger partial charge in [-0.1, -0.05) is 28.1 Å². The van der Waals surface area contributed by atoms with E-state index < -0.39 is 0 Å². The summed E-state index contributed by atoms with van der Waals surface area (Å²) in [4.78, 5) is 0. The Morgan fingerprint density at radius 3 is 3.00 bits per heavy atom. The molecule has 0 saturated carbocycles. The lowest BCUT2D eigenvalue weighted by Crippen LogP contribution is -2.35. The van der Waals surface area contributed by atoms with Crippen molar-refractivity contribution in [2.75, 3.05) is 19.6 Å². The molecule has 16 heavy (non-hydrogen) atoms. The van der Waals surface area contributed by atoms with Crippen molar-refractivity contribution in [1.29, 1.82) is 0 Å². The predicted molar refractivity (Wildman–Crippen MR) is 71.5 cm³/mol. The molecule has 0 aromatic heterocycles. The molecule has 1 aromatic rings. The van der Waals surface area contributed by atoms with Crippen molar-refractivity contribution < 1.29 is 0 Å². The number of benzene rings is 1. The van der Waals surface area contributed by atoms with Crippen LogP contribution in [0.15, 0.2) is 28.7 Å². The zero-order chi connectivity index (χ0) is 11.4. The van der Waals surface area contributed by atoms with E-state index >= 15 is 0 Å². The average molecular weight is 283 g/mol. The van der Waals surface area contributed by atoms with Crippen LogP contribution in [0.1, 0.15) is 24.3 Å². The lowest BCUT2D eigenvalue weighted by Gasteiger charge is -2.30. The van der Waals surface area contributed by atoms with Gasteiger partial charge in [-0.2, -0.15) is 0 Å². The number of hydrogen-bond acceptors (Lipinski definition) is 2. The van der Waals surface area contributed by atoms with Crippen molar-refractivity contribution in [3.8, 4) is 0 Å². The molecule has 0 aliphatic carbocycles. The number of halogens is 1. The number of nitrogens with one attached hydrogen (secondary N) is 1. The van der Waals surface area contributed by atoms with E-state index in [2.05, 4.69) is 45.5 Å². The summed E-state index contributed by atoms with van der Waals surface area (Å²) in [5, 5.41) is 3.47. The van der Waals surface area contributed by atoms with E-state index in [1.807, 2.05) is 0 Å². The number of piperidine rings is 1. The Morgan fingerprint density at radius 1 is 1.50 bits per heavy atom. The van der Waals surface area contributed by atoms with Crippen LogP contribution in [0.5, 0.6) is 0 Å². The summed E-state index contributed by atoms with van der Waals surface area (Å²) in [7, 11) is 0. The molecule has 1 fully saturated rings. The minimum absolute atomic E-state index is 0.491. The van der Waals surface area contributed by atoms with Crippen LogP contribution in [0.4, 0.5) is 0 Å². The standard InChI is InChI=1S/C13H19BrN2/c14-12-5-1-3-10(7-12)13(8-15)11-4-2-6-16-9-11/h1,3,5,7,11,13,16H,2,4,6,8-9,15H2. The summed E-state index contributed by atoms with van der Waals surface area (Å²) in [6, 6.07) is 8.55. The summed E-state index contributed by atoms with van der Waals surface area (Å²) >= 11 is 3.53. The highest BCUT2D eigenvalue weighted by Crippen LogP contribution is 2.29. The van der Waals surface area contributed by atoms with Crippen molar-refractivity contribution in [1.82, 2.24) is 5.32 Å². The Bertz CT molecular complexity index is 334. The van der Waals surface area contributed by atoms with E-state index in [-0.39, 0.29) is 0 Å². The highest BCUT2D eigenvalue weighted by molar-refractivity contribution is 9.10. The van der Waals surface area contributed by atoms with Gasteiger partial charge >= 0.3 is 0 Å². The first-order valence-corrected chi connectivity index (χ1v) is 6.77. The molecule has 3 N–H and O–H groups in total. The summed E-state index contributed by atoms with van der Waals surface area (Å²) in [5.41, 5.74) is 7.31. The maximum absolute atomic E-state index is 5.94. The van der Waals surface area contributed by atoms with E-state index in [1.54, 1.807) is 0 Å². The third-order valence-electron chi connectivity index (χ3n) is 3.43. The molecule has 2 nitrogen and oxygen atoms in total. The Labute approximate surface area is 106 Å². The van der Waals surface area contributed by atoms with Crippen LogP contribution in [0.2, 0.25) is 0 Å². The van der Waals surface area contributed by atoms with E-state index in [9.17, 15) is 0 Å². The highest BCUT2D eigenvalue weighted by Gasteiger charge is 2.23. The molecule has 1 saturated heterocycles. The molecule has 2 atom stereocenters. The SMILES string of the molecule is NCC(c1cccc(Br)c1)C1CCCNC1. The first kappa shape index (κ1) is 12.1. The zero-order valence-corrected chi connectivity index (χ0v) is 11.0. The smallest absolute Gasteiger partial charge is 0.0178 e. The van der Waals surface area contributed by atoms with Crippen LogP contribution in [0.3, 0.4) is 0 Å². The van der Waals surface area contributed by atoms with Gasteiger partial charge in [-0.05, 0) is 56.1 Å². The zero-order valence-electron chi connectivity index (χ0n) is 9.45. The molecular weight excluding hydrogens is 264 g/mol. The molecule has 0 spiro atoms. The molecule has 1 aliphatic rings. The van der Waals surface area contributed by atoms with E-state index in [4.69, 9.17) is 5.73 Å². The fourth-order valence-corrected chi connectivity index (χ4v) is 2.98. The number of rotatable bonds is 3. The maximum atomic E-state index is 5.94. The van der Waals surface area contributed by atoms with Gasteiger partial charge in [0.2, 0.25) is 0 Å². The minimum Gasteiger partial charge on any atom is -0.330 e. The van der Waals surface area contributed by atoms with E-state index in [1.165, 1.54) is 18.4 Å². The summed E-state index contributed by atoms with van der Waals surface area (Å²) < 4.78 is 1.15. The molecule has 1 aromatic carbocycles. The van der Waals surface area contributed by atoms with Gasteiger partial charge in [-0.15, -0.1) is 0 Å². The van der Waals surface area contributed by atoms with Crippen LogP contribution < -0.4 is 11.1 Å². The van der Waals surface area contributed by atoms with Crippen molar-refractivity contribution >= 4 is 15.9 Å². The van der Waals surface area contributed by atoms with Gasteiger partial charge in [0, 0.05) is 10.4 Å². The van der Waals surface area contributed by atoms with E-state index in [0.29, 0.717) is 11.8 Å². The molecule has 0 amide bonds. The monoisotopic (exact) mass is 282 g/mol. The Morgan fingerprint density at radius 2 is 2.38 bits per heavy atom. The van der Waals surface area contributed by atoms with Crippen LogP contribution >= 0.6 is 15.9 Å². The maximum Gasteiger partial charge on any atom is 0.0178 e. The summed E-state index contributed by atoms with van der Waals surface area (Å²) in [6.45, 7) is 3.00. The second kappa shape index (κ2) is 5.80. The minimum atomic E-state index is 0.491. The summed E-state index contributed by atoms with van der Waals surface area (Å²) in [6.07, 6.45) is 2.57. The highest BCUT2D eigenvalue weighted by atomic mass is 79.9. The Hall–Kier alpha value is -0.380. The third-order valence-corrected chi connectivity index (χ3v) is 3.93. The third kappa shape index (κ3) is 2.84. The average Bonchev–Trinajstić information content (AvgIpc) is 2.31. The van der Waals surface area contributed by atoms with Crippen molar-refractivity contribution in [2.45, 2.75) is 18.8 Å². The molecule has 1 aliphatic heterocycles. The Balaban J connectivity index is 2.14. The largest absolute Gasteiger partial charge is 0.330 e. The van der Waals surface area contributed by atoms with Crippen LogP contribution in [0.25, 0.3) is 0 Å². The lowest BCUT2D eigenvalue weighted by atomic mass is 9.82. The molecule has 0 bridgehead atoms. The second-order valence-electron chi connectivity index (χ2n) is 4.50. The van der Waals surface area contributed by atoms with Crippen molar-refractivity contribution in [3.63, 3.8) is 0 Å². The number of nitrogens with two attached hydrogens (primary N) is 1. The first-order valence-electron chi connectivity index (χ1n) is 5.97. The predicted octanol–water partition coefficient (Wildman–Crippen LogP) is 2.49. The summed E-state index contributed by atoms with van der Waals surface area (Å²) in [5.74, 6) is 1.18. The van der Waals surface area contributed by atoms with E-state index in [0.717, 1.165) is 24.1 Å².